The van der Waals surface area contributed by atoms with E-state index in [1.54, 1.807) is 0 Å². The molecule has 1 saturated carbocycles. The molecule has 8 nitrogen and oxygen atoms in total. The number of carboxylic acids is 1. The molecule has 0 aromatic heterocycles. The zero-order valence-electron chi connectivity index (χ0n) is 20.5. The van der Waals surface area contributed by atoms with Crippen molar-refractivity contribution in [2.75, 3.05) is 6.79 Å². The first kappa shape index (κ1) is 25.8. The highest BCUT2D eigenvalue weighted by Crippen LogP contribution is 2.62. The summed E-state index contributed by atoms with van der Waals surface area (Å²) < 4.78 is 76.4. The molecule has 2 unspecified atom stereocenters. The van der Waals surface area contributed by atoms with Gasteiger partial charge in [0, 0.05) is 18.1 Å². The molecule has 1 aliphatic carbocycles. The molecule has 1 amide bonds. The average Bonchev–Trinajstić information content (AvgIpc) is 3.23. The van der Waals surface area contributed by atoms with Crippen LogP contribution in [0.2, 0.25) is 0 Å². The number of fused-ring (bicyclic) bond motifs is 2. The van der Waals surface area contributed by atoms with Gasteiger partial charge in [0.2, 0.25) is 12.7 Å². The lowest BCUT2D eigenvalue weighted by molar-refractivity contribution is -0.125. The number of aromatic carboxylic acids is 1. The van der Waals surface area contributed by atoms with Crippen LogP contribution < -0.4 is 24.3 Å². The van der Waals surface area contributed by atoms with E-state index in [1.807, 2.05) is 0 Å². The Morgan fingerprint density at radius 2 is 1.68 bits per heavy atom. The number of nitrogens with one attached hydrogen (secondary N) is 1. The first-order valence-corrected chi connectivity index (χ1v) is 12.3. The average molecular weight is 559 g/mol. The van der Waals surface area contributed by atoms with Crippen molar-refractivity contribution < 1.29 is 51.2 Å². The number of carbonyl (C=O) groups excluding carboxylic acids is 1. The summed E-state index contributed by atoms with van der Waals surface area (Å²) in [6, 6.07) is 13.4. The molecule has 1 fully saturated rings. The molecular weight excluding hydrogens is 538 g/mol. The standard InChI is InChI=1S/C28H21F4NO7/c29-27(30)39-16-6-7-17-18(11-20(40-21(17)10-16)13-1-3-14(4-2-13)26(35)36)33-25(34)24-23(28(24,31)32)15-5-8-19-22(9-15)38-12-37-19/h1-10,18,20,23-24,27H,11-12H2,(H,33,34)(H,35,36)/t18-,20-,23?,24?/m1/s1. The number of halogens is 4. The first-order chi connectivity index (χ1) is 19.1. The number of hydrogen-bond donors (Lipinski definition) is 2. The Hall–Kier alpha value is -4.48. The van der Waals surface area contributed by atoms with Gasteiger partial charge in [0.1, 0.15) is 23.5 Å². The van der Waals surface area contributed by atoms with E-state index in [-0.39, 0.29) is 35.8 Å². The molecule has 3 aliphatic rings. The van der Waals surface area contributed by atoms with Crippen molar-refractivity contribution in [2.45, 2.75) is 37.0 Å². The molecule has 2 aliphatic heterocycles. The summed E-state index contributed by atoms with van der Waals surface area (Å²) in [7, 11) is 0. The second-order valence-corrected chi connectivity index (χ2v) is 9.65. The topological polar surface area (TPSA) is 103 Å². The zero-order chi connectivity index (χ0) is 28.2. The molecule has 208 valence electrons. The molecule has 0 bridgehead atoms. The summed E-state index contributed by atoms with van der Waals surface area (Å²) in [6.07, 6.45) is -0.625. The molecule has 4 atom stereocenters. The fourth-order valence-corrected chi connectivity index (χ4v) is 5.24. The van der Waals surface area contributed by atoms with Crippen LogP contribution in [-0.2, 0) is 4.79 Å². The minimum atomic E-state index is -3.30. The van der Waals surface area contributed by atoms with Crippen molar-refractivity contribution in [3.8, 4) is 23.0 Å². The van der Waals surface area contributed by atoms with Crippen LogP contribution >= 0.6 is 0 Å². The second-order valence-electron chi connectivity index (χ2n) is 9.65. The third-order valence-corrected chi connectivity index (χ3v) is 7.24. The Balaban J connectivity index is 1.26. The molecular formula is C28H21F4NO7. The monoisotopic (exact) mass is 559 g/mol. The Morgan fingerprint density at radius 1 is 0.950 bits per heavy atom. The molecule has 3 aromatic carbocycles. The van der Waals surface area contributed by atoms with Crippen LogP contribution in [0.3, 0.4) is 0 Å². The van der Waals surface area contributed by atoms with E-state index in [2.05, 4.69) is 10.1 Å². The van der Waals surface area contributed by atoms with Crippen molar-refractivity contribution in [3.05, 3.63) is 82.9 Å². The fourth-order valence-electron chi connectivity index (χ4n) is 5.24. The minimum Gasteiger partial charge on any atom is -0.485 e. The van der Waals surface area contributed by atoms with Gasteiger partial charge in [0.15, 0.2) is 11.5 Å². The van der Waals surface area contributed by atoms with Gasteiger partial charge >= 0.3 is 12.6 Å². The molecule has 0 radical (unpaired) electrons. The Labute approximate surface area is 224 Å². The zero-order valence-corrected chi connectivity index (χ0v) is 20.5. The molecule has 2 N–H and O–H groups in total. The molecule has 40 heavy (non-hydrogen) atoms. The van der Waals surface area contributed by atoms with Crippen LogP contribution in [0.4, 0.5) is 17.6 Å². The highest BCUT2D eigenvalue weighted by Gasteiger charge is 2.72. The number of alkyl halides is 4. The minimum absolute atomic E-state index is 0.0167. The predicted molar refractivity (Wildman–Crippen MR) is 129 cm³/mol. The molecule has 3 aromatic rings. The van der Waals surface area contributed by atoms with Crippen LogP contribution in [0.1, 0.15) is 51.5 Å². The molecule has 6 rings (SSSR count). The van der Waals surface area contributed by atoms with Gasteiger partial charge in [-0.15, -0.1) is 0 Å². The van der Waals surface area contributed by atoms with Crippen LogP contribution in [0.25, 0.3) is 0 Å². The largest absolute Gasteiger partial charge is 0.485 e. The van der Waals surface area contributed by atoms with E-state index >= 15 is 0 Å². The lowest BCUT2D eigenvalue weighted by atomic mass is 9.92. The summed E-state index contributed by atoms with van der Waals surface area (Å²) in [6.45, 7) is -3.10. The van der Waals surface area contributed by atoms with Crippen molar-refractivity contribution >= 4 is 11.9 Å². The Bertz CT molecular complexity index is 1480. The smallest absolute Gasteiger partial charge is 0.387 e. The molecule has 12 heteroatoms. The van der Waals surface area contributed by atoms with E-state index in [0.29, 0.717) is 22.6 Å². The number of ether oxygens (including phenoxy) is 4. The third-order valence-electron chi connectivity index (χ3n) is 7.24. The summed E-state index contributed by atoms with van der Waals surface area (Å²) in [4.78, 5) is 24.4. The van der Waals surface area contributed by atoms with E-state index in [1.165, 1.54) is 60.7 Å². The number of amides is 1. The molecule has 2 heterocycles. The Morgan fingerprint density at radius 3 is 2.40 bits per heavy atom. The maximum absolute atomic E-state index is 14.9. The van der Waals surface area contributed by atoms with Crippen LogP contribution in [0, 0.1) is 5.92 Å². The van der Waals surface area contributed by atoms with Gasteiger partial charge in [-0.1, -0.05) is 18.2 Å². The number of benzene rings is 3. The van der Waals surface area contributed by atoms with Crippen LogP contribution in [0.15, 0.2) is 60.7 Å². The lowest BCUT2D eigenvalue weighted by Crippen LogP contribution is -2.35. The molecule has 0 spiro atoms. The maximum Gasteiger partial charge on any atom is 0.387 e. The van der Waals surface area contributed by atoms with Crippen LogP contribution in [-0.4, -0.2) is 36.3 Å². The highest BCUT2D eigenvalue weighted by atomic mass is 19.3. The summed E-state index contributed by atoms with van der Waals surface area (Å²) in [5.74, 6) is -7.58. The van der Waals surface area contributed by atoms with Gasteiger partial charge < -0.3 is 29.4 Å². The van der Waals surface area contributed by atoms with Gasteiger partial charge in [0.25, 0.3) is 5.92 Å². The number of hydrogen-bond acceptors (Lipinski definition) is 6. The van der Waals surface area contributed by atoms with Crippen molar-refractivity contribution in [2.24, 2.45) is 5.92 Å². The summed E-state index contributed by atoms with van der Waals surface area (Å²) >= 11 is 0. The van der Waals surface area contributed by atoms with Gasteiger partial charge in [0.05, 0.1) is 17.5 Å². The number of carbonyl (C=O) groups is 2. The lowest BCUT2D eigenvalue weighted by Gasteiger charge is -2.33. The SMILES string of the molecule is O=C(O)c1ccc([C@H]2C[C@@H](NC(=O)C3C(c4ccc5c(c4)OCO5)C3(F)F)c3ccc(OC(F)F)cc3O2)cc1. The quantitative estimate of drug-likeness (QED) is 0.372. The summed E-state index contributed by atoms with van der Waals surface area (Å²) in [5.41, 5.74) is 1.23. The van der Waals surface area contributed by atoms with E-state index in [9.17, 15) is 32.3 Å². The highest BCUT2D eigenvalue weighted by molar-refractivity contribution is 5.87. The third kappa shape index (κ3) is 4.63. The van der Waals surface area contributed by atoms with Crippen molar-refractivity contribution in [1.82, 2.24) is 5.32 Å². The van der Waals surface area contributed by atoms with Gasteiger partial charge in [-0.2, -0.15) is 8.78 Å². The van der Waals surface area contributed by atoms with E-state index in [0.717, 1.165) is 0 Å². The van der Waals surface area contributed by atoms with Gasteiger partial charge in [-0.3, -0.25) is 4.79 Å². The van der Waals surface area contributed by atoms with Gasteiger partial charge in [-0.25, -0.2) is 13.6 Å². The summed E-state index contributed by atoms with van der Waals surface area (Å²) in [5, 5.41) is 11.9. The predicted octanol–water partition coefficient (Wildman–Crippen LogP) is 5.44. The van der Waals surface area contributed by atoms with E-state index < -0.39 is 48.4 Å². The number of rotatable bonds is 7. The van der Waals surface area contributed by atoms with Crippen molar-refractivity contribution in [1.29, 1.82) is 0 Å². The second kappa shape index (κ2) is 9.61. The van der Waals surface area contributed by atoms with Crippen LogP contribution in [0.5, 0.6) is 23.0 Å². The van der Waals surface area contributed by atoms with E-state index in [4.69, 9.17) is 14.2 Å². The van der Waals surface area contributed by atoms with Gasteiger partial charge in [-0.05, 0) is 47.5 Å². The normalized spacial score (nSPS) is 23.6. The Kier molecular flexibility index (Phi) is 6.20. The number of carboxylic acid groups (broad SMARTS) is 1. The first-order valence-electron chi connectivity index (χ1n) is 12.3. The molecule has 0 saturated heterocycles. The fraction of sp³-hybridized carbons (Fsp3) is 0.286. The maximum atomic E-state index is 14.9. The van der Waals surface area contributed by atoms with Crippen molar-refractivity contribution in [3.63, 3.8) is 0 Å².